The van der Waals surface area contributed by atoms with E-state index in [4.69, 9.17) is 9.63 Å². The summed E-state index contributed by atoms with van der Waals surface area (Å²) in [4.78, 5) is 25.3. The molecule has 0 aliphatic heterocycles. The molecule has 1 heterocycles. The van der Waals surface area contributed by atoms with Gasteiger partial charge >= 0.3 is 5.97 Å². The van der Waals surface area contributed by atoms with Crippen LogP contribution >= 0.6 is 11.8 Å². The number of rotatable bonds is 10. The first-order valence-corrected chi connectivity index (χ1v) is 7.50. The van der Waals surface area contributed by atoms with Gasteiger partial charge in [-0.25, -0.2) is 4.79 Å². The van der Waals surface area contributed by atoms with Crippen molar-refractivity contribution in [3.63, 3.8) is 0 Å². The van der Waals surface area contributed by atoms with Crippen LogP contribution in [0.5, 0.6) is 0 Å². The number of hydrogen-bond acceptors (Lipinski definition) is 6. The van der Waals surface area contributed by atoms with E-state index in [0.717, 1.165) is 6.42 Å². The van der Waals surface area contributed by atoms with E-state index in [1.54, 1.807) is 0 Å². The van der Waals surface area contributed by atoms with E-state index in [0.29, 0.717) is 42.0 Å². The van der Waals surface area contributed by atoms with Crippen molar-refractivity contribution in [2.24, 2.45) is 5.92 Å². The minimum atomic E-state index is -1.03. The number of carbonyl (C=O) groups is 2. The number of amides is 1. The maximum absolute atomic E-state index is 10.8. The van der Waals surface area contributed by atoms with E-state index in [2.05, 4.69) is 29.3 Å². The van der Waals surface area contributed by atoms with Crippen LogP contribution < -0.4 is 5.32 Å². The first kappa shape index (κ1) is 16.5. The Bertz CT molecular complexity index is 436. The lowest BCUT2D eigenvalue weighted by Crippen LogP contribution is -2.36. The lowest BCUT2D eigenvalue weighted by atomic mass is 10.1. The van der Waals surface area contributed by atoms with Gasteiger partial charge in [-0.15, -0.1) is 0 Å². The predicted octanol–water partition coefficient (Wildman–Crippen LogP) is 1.09. The maximum atomic E-state index is 10.8. The SMILES string of the molecule is CC(C)Cc1nc(CSCCC(NC=O)C(=O)O)no1. The van der Waals surface area contributed by atoms with E-state index in [1.807, 2.05) is 0 Å². The molecule has 1 aromatic rings. The molecule has 8 heteroatoms. The van der Waals surface area contributed by atoms with E-state index >= 15 is 0 Å². The molecular formula is C12H19N3O4S. The van der Waals surface area contributed by atoms with Crippen molar-refractivity contribution in [1.29, 1.82) is 0 Å². The molecule has 1 aromatic heterocycles. The number of thioether (sulfide) groups is 1. The summed E-state index contributed by atoms with van der Waals surface area (Å²) >= 11 is 1.51. The number of carboxylic acid groups (broad SMARTS) is 1. The fourth-order valence-electron chi connectivity index (χ4n) is 1.51. The average molecular weight is 301 g/mol. The lowest BCUT2D eigenvalue weighted by molar-refractivity contribution is -0.140. The smallest absolute Gasteiger partial charge is 0.326 e. The van der Waals surface area contributed by atoms with Gasteiger partial charge in [0, 0.05) is 6.42 Å². The molecule has 1 amide bonds. The molecule has 1 atom stereocenters. The van der Waals surface area contributed by atoms with Gasteiger partial charge in [-0.1, -0.05) is 19.0 Å². The molecular weight excluding hydrogens is 282 g/mol. The van der Waals surface area contributed by atoms with Crippen LogP contribution in [0.1, 0.15) is 32.0 Å². The van der Waals surface area contributed by atoms with Crippen LogP contribution in [0.3, 0.4) is 0 Å². The Morgan fingerprint density at radius 2 is 2.30 bits per heavy atom. The number of nitrogens with zero attached hydrogens (tertiary/aromatic N) is 2. The van der Waals surface area contributed by atoms with Gasteiger partial charge in [0.25, 0.3) is 0 Å². The van der Waals surface area contributed by atoms with E-state index in [1.165, 1.54) is 11.8 Å². The van der Waals surface area contributed by atoms with Gasteiger partial charge in [-0.05, 0) is 18.1 Å². The van der Waals surface area contributed by atoms with E-state index in [9.17, 15) is 9.59 Å². The van der Waals surface area contributed by atoms with Crippen LogP contribution in [0.2, 0.25) is 0 Å². The first-order valence-electron chi connectivity index (χ1n) is 6.34. The third kappa shape index (κ3) is 6.05. The normalized spacial score (nSPS) is 12.3. The molecule has 0 aliphatic rings. The highest BCUT2D eigenvalue weighted by Gasteiger charge is 2.15. The van der Waals surface area contributed by atoms with Crippen LogP contribution in [0, 0.1) is 5.92 Å². The maximum Gasteiger partial charge on any atom is 0.326 e. The number of nitrogens with one attached hydrogen (secondary N) is 1. The fraction of sp³-hybridized carbons (Fsp3) is 0.667. The highest BCUT2D eigenvalue weighted by Crippen LogP contribution is 2.13. The Balaban J connectivity index is 2.28. The molecule has 1 rings (SSSR count). The second-order valence-corrected chi connectivity index (χ2v) is 5.82. The van der Waals surface area contributed by atoms with Crippen molar-refractivity contribution in [2.75, 3.05) is 5.75 Å². The third-order valence-electron chi connectivity index (χ3n) is 2.44. The van der Waals surface area contributed by atoms with Crippen LogP contribution in [0.15, 0.2) is 4.52 Å². The van der Waals surface area contributed by atoms with E-state index < -0.39 is 12.0 Å². The Labute approximate surface area is 121 Å². The van der Waals surface area contributed by atoms with Crippen molar-refractivity contribution in [1.82, 2.24) is 15.5 Å². The summed E-state index contributed by atoms with van der Waals surface area (Å²) in [7, 11) is 0. The Morgan fingerprint density at radius 3 is 2.90 bits per heavy atom. The highest BCUT2D eigenvalue weighted by molar-refractivity contribution is 7.98. The highest BCUT2D eigenvalue weighted by atomic mass is 32.2. The van der Waals surface area contributed by atoms with Gasteiger partial charge in [0.05, 0.1) is 5.75 Å². The molecule has 0 fully saturated rings. The molecule has 0 bridgehead atoms. The molecule has 0 aromatic carbocycles. The van der Waals surface area contributed by atoms with Crippen LogP contribution in [0.4, 0.5) is 0 Å². The predicted molar refractivity (Wildman–Crippen MR) is 74.2 cm³/mol. The summed E-state index contributed by atoms with van der Waals surface area (Å²) in [5.41, 5.74) is 0. The summed E-state index contributed by atoms with van der Waals surface area (Å²) in [6, 6.07) is -0.846. The van der Waals surface area contributed by atoms with E-state index in [-0.39, 0.29) is 0 Å². The van der Waals surface area contributed by atoms with Crippen LogP contribution in [-0.4, -0.2) is 39.4 Å². The molecule has 112 valence electrons. The number of aromatic nitrogens is 2. The van der Waals surface area contributed by atoms with Gasteiger partial charge in [-0.3, -0.25) is 4.79 Å². The quantitative estimate of drug-likeness (QED) is 0.492. The van der Waals surface area contributed by atoms with Crippen LogP contribution in [0.25, 0.3) is 0 Å². The van der Waals surface area contributed by atoms with Gasteiger partial charge in [0.1, 0.15) is 6.04 Å². The average Bonchev–Trinajstić information content (AvgIpc) is 2.79. The minimum Gasteiger partial charge on any atom is -0.480 e. The molecule has 7 nitrogen and oxygen atoms in total. The number of hydrogen-bond donors (Lipinski definition) is 2. The topological polar surface area (TPSA) is 105 Å². The first-order chi connectivity index (χ1) is 9.52. The Morgan fingerprint density at radius 1 is 1.55 bits per heavy atom. The zero-order valence-corrected chi connectivity index (χ0v) is 12.4. The monoisotopic (exact) mass is 301 g/mol. The van der Waals surface area contributed by atoms with Crippen molar-refractivity contribution >= 4 is 24.1 Å². The molecule has 0 saturated carbocycles. The number of carboxylic acids is 1. The summed E-state index contributed by atoms with van der Waals surface area (Å²) in [5, 5.41) is 15.0. The second-order valence-electron chi connectivity index (χ2n) is 4.72. The van der Waals surface area contributed by atoms with Gasteiger partial charge in [0.15, 0.2) is 5.82 Å². The molecule has 0 aliphatic carbocycles. The number of aliphatic carboxylic acids is 1. The van der Waals surface area contributed by atoms with Gasteiger partial charge in [0.2, 0.25) is 12.3 Å². The molecule has 0 spiro atoms. The summed E-state index contributed by atoms with van der Waals surface area (Å²) in [6.45, 7) is 4.15. The van der Waals surface area contributed by atoms with Crippen molar-refractivity contribution < 1.29 is 19.2 Å². The van der Waals surface area contributed by atoms with Gasteiger partial charge in [-0.2, -0.15) is 16.7 Å². The lowest BCUT2D eigenvalue weighted by Gasteiger charge is -2.09. The molecule has 0 saturated heterocycles. The largest absolute Gasteiger partial charge is 0.480 e. The van der Waals surface area contributed by atoms with Gasteiger partial charge < -0.3 is 14.9 Å². The molecule has 20 heavy (non-hydrogen) atoms. The minimum absolute atomic E-state index is 0.357. The zero-order valence-electron chi connectivity index (χ0n) is 11.5. The zero-order chi connectivity index (χ0) is 15.0. The summed E-state index contributed by atoms with van der Waals surface area (Å²) in [5.74, 6) is 1.82. The summed E-state index contributed by atoms with van der Waals surface area (Å²) in [6.07, 6.45) is 1.51. The van der Waals surface area contributed by atoms with Crippen LogP contribution in [-0.2, 0) is 21.8 Å². The summed E-state index contributed by atoms with van der Waals surface area (Å²) < 4.78 is 5.10. The van der Waals surface area contributed by atoms with Crippen molar-refractivity contribution in [3.8, 4) is 0 Å². The Kier molecular flexibility index (Phi) is 7.06. The standard InChI is InChI=1S/C12H19N3O4S/c1-8(2)5-11-14-10(15-19-11)6-20-4-3-9(12(17)18)13-7-16/h7-9H,3-6H2,1-2H3,(H,13,16)(H,17,18). The van der Waals surface area contributed by atoms with Crippen molar-refractivity contribution in [3.05, 3.63) is 11.7 Å². The molecule has 2 N–H and O–H groups in total. The third-order valence-corrected chi connectivity index (χ3v) is 3.43. The molecule has 1 unspecified atom stereocenters. The Hall–Kier alpha value is -1.57. The fourth-order valence-corrected chi connectivity index (χ4v) is 2.35. The second kappa shape index (κ2) is 8.57. The van der Waals surface area contributed by atoms with Crippen molar-refractivity contribution in [2.45, 2.75) is 38.5 Å². The molecule has 0 radical (unpaired) electrons. The number of carbonyl (C=O) groups excluding carboxylic acids is 1.